The van der Waals surface area contributed by atoms with E-state index in [1.165, 1.54) is 42.5 Å². The van der Waals surface area contributed by atoms with Gasteiger partial charge in [-0.1, -0.05) is 6.92 Å². The van der Waals surface area contributed by atoms with Gasteiger partial charge >= 0.3 is 0 Å². The smallest absolute Gasteiger partial charge is 0.146 e. The van der Waals surface area contributed by atoms with E-state index in [1.807, 2.05) is 11.3 Å². The Morgan fingerprint density at radius 3 is 2.88 bits per heavy atom. The third-order valence-electron chi connectivity index (χ3n) is 5.71. The fourth-order valence-electron chi connectivity index (χ4n) is 4.40. The number of nitrogens with zero attached hydrogens (tertiary/aromatic N) is 3. The molecule has 1 fully saturated rings. The van der Waals surface area contributed by atoms with Crippen molar-refractivity contribution in [3.63, 3.8) is 0 Å². The Morgan fingerprint density at radius 2 is 2.04 bits per heavy atom. The standard InChI is InChI=1S/C18H27N5S/c1-11-5-4-8-23(13(11)9-19)10-15-21-17(20)16-12-6-2-3-7-14(12)24-18(16)22-15/h11,13H,2-10,19H2,1H3,(H2,20,21,22). The lowest BCUT2D eigenvalue weighted by atomic mass is 9.91. The molecule has 2 atom stereocenters. The normalized spacial score (nSPS) is 25.1. The maximum Gasteiger partial charge on any atom is 0.146 e. The summed E-state index contributed by atoms with van der Waals surface area (Å²) in [6.07, 6.45) is 7.32. The zero-order valence-electron chi connectivity index (χ0n) is 14.4. The van der Waals surface area contributed by atoms with Crippen LogP contribution in [0, 0.1) is 5.92 Å². The van der Waals surface area contributed by atoms with E-state index in [9.17, 15) is 0 Å². The Balaban J connectivity index is 1.65. The Morgan fingerprint density at radius 1 is 1.21 bits per heavy atom. The minimum absolute atomic E-state index is 0.427. The zero-order chi connectivity index (χ0) is 16.7. The Bertz CT molecular complexity index is 741. The zero-order valence-corrected chi connectivity index (χ0v) is 15.2. The van der Waals surface area contributed by atoms with Gasteiger partial charge in [0.1, 0.15) is 16.5 Å². The number of anilines is 1. The van der Waals surface area contributed by atoms with Crippen molar-refractivity contribution in [1.82, 2.24) is 14.9 Å². The molecule has 0 spiro atoms. The molecule has 4 N–H and O–H groups in total. The highest BCUT2D eigenvalue weighted by atomic mass is 32.1. The second kappa shape index (κ2) is 6.58. The van der Waals surface area contributed by atoms with Crippen LogP contribution in [0.3, 0.4) is 0 Å². The average molecular weight is 346 g/mol. The van der Waals surface area contributed by atoms with Crippen molar-refractivity contribution in [2.75, 3.05) is 18.8 Å². The van der Waals surface area contributed by atoms with E-state index in [0.29, 0.717) is 24.3 Å². The highest BCUT2D eigenvalue weighted by molar-refractivity contribution is 7.19. The summed E-state index contributed by atoms with van der Waals surface area (Å²) in [5.41, 5.74) is 13.8. The molecule has 0 radical (unpaired) electrons. The monoisotopic (exact) mass is 345 g/mol. The first-order valence-electron chi connectivity index (χ1n) is 9.18. The van der Waals surface area contributed by atoms with E-state index in [0.717, 1.165) is 35.6 Å². The van der Waals surface area contributed by atoms with Crippen molar-refractivity contribution in [2.24, 2.45) is 11.7 Å². The van der Waals surface area contributed by atoms with Crippen molar-refractivity contribution < 1.29 is 0 Å². The molecular formula is C18H27N5S. The topological polar surface area (TPSA) is 81.1 Å². The van der Waals surface area contributed by atoms with Crippen LogP contribution in [0.15, 0.2) is 0 Å². The summed E-state index contributed by atoms with van der Waals surface area (Å²) < 4.78 is 0. The maximum atomic E-state index is 6.34. The molecule has 4 rings (SSSR count). The molecule has 0 bridgehead atoms. The van der Waals surface area contributed by atoms with Crippen LogP contribution >= 0.6 is 11.3 Å². The molecule has 0 aromatic carbocycles. The minimum atomic E-state index is 0.427. The molecule has 0 amide bonds. The molecule has 1 saturated heterocycles. The minimum Gasteiger partial charge on any atom is -0.383 e. The fraction of sp³-hybridized carbons (Fsp3) is 0.667. The van der Waals surface area contributed by atoms with Gasteiger partial charge in [-0.15, -0.1) is 11.3 Å². The number of hydrogen-bond donors (Lipinski definition) is 2. The predicted octanol–water partition coefficient (Wildman–Crippen LogP) is 2.71. The van der Waals surface area contributed by atoms with Crippen LogP contribution in [0.1, 0.15) is 48.9 Å². The molecule has 130 valence electrons. The molecule has 1 aliphatic carbocycles. The van der Waals surface area contributed by atoms with Crippen molar-refractivity contribution in [2.45, 2.75) is 58.0 Å². The van der Waals surface area contributed by atoms with E-state index >= 15 is 0 Å². The van der Waals surface area contributed by atoms with E-state index in [4.69, 9.17) is 16.5 Å². The lowest BCUT2D eigenvalue weighted by Gasteiger charge is -2.39. The van der Waals surface area contributed by atoms with E-state index in [-0.39, 0.29) is 0 Å². The molecule has 2 aromatic rings. The van der Waals surface area contributed by atoms with Gasteiger partial charge in [0.2, 0.25) is 0 Å². The van der Waals surface area contributed by atoms with Crippen LogP contribution < -0.4 is 11.5 Å². The summed E-state index contributed by atoms with van der Waals surface area (Å²) in [5.74, 6) is 2.16. The van der Waals surface area contributed by atoms with Crippen molar-refractivity contribution >= 4 is 27.4 Å². The SMILES string of the molecule is CC1CCCN(Cc2nc(N)c3c4c(sc3n2)CCCC4)C1CN. The number of rotatable bonds is 3. The third kappa shape index (κ3) is 2.80. The summed E-state index contributed by atoms with van der Waals surface area (Å²) in [4.78, 5) is 14.5. The first kappa shape index (κ1) is 16.2. The van der Waals surface area contributed by atoms with Crippen LogP contribution in [0.4, 0.5) is 5.82 Å². The molecule has 24 heavy (non-hydrogen) atoms. The van der Waals surface area contributed by atoms with E-state index in [2.05, 4.69) is 16.8 Å². The van der Waals surface area contributed by atoms with Crippen LogP contribution in [0.5, 0.6) is 0 Å². The second-order valence-corrected chi connectivity index (χ2v) is 8.39. The molecule has 3 heterocycles. The number of fused-ring (bicyclic) bond motifs is 3. The number of hydrogen-bond acceptors (Lipinski definition) is 6. The van der Waals surface area contributed by atoms with Crippen molar-refractivity contribution in [1.29, 1.82) is 0 Å². The fourth-order valence-corrected chi connectivity index (χ4v) is 5.68. The lowest BCUT2D eigenvalue weighted by Crippen LogP contribution is -2.48. The molecular weight excluding hydrogens is 318 g/mol. The van der Waals surface area contributed by atoms with Crippen LogP contribution in [0.25, 0.3) is 10.2 Å². The average Bonchev–Trinajstić information content (AvgIpc) is 2.93. The van der Waals surface area contributed by atoms with E-state index in [1.54, 1.807) is 0 Å². The van der Waals surface area contributed by atoms with Gasteiger partial charge in [0.15, 0.2) is 0 Å². The van der Waals surface area contributed by atoms with Crippen molar-refractivity contribution in [3.8, 4) is 0 Å². The first-order valence-corrected chi connectivity index (χ1v) is 9.99. The van der Waals surface area contributed by atoms with E-state index < -0.39 is 0 Å². The molecule has 6 heteroatoms. The molecule has 0 saturated carbocycles. The van der Waals surface area contributed by atoms with Gasteiger partial charge in [-0.2, -0.15) is 0 Å². The molecule has 2 aliphatic rings. The van der Waals surface area contributed by atoms with Gasteiger partial charge < -0.3 is 11.5 Å². The predicted molar refractivity (Wildman–Crippen MR) is 100 cm³/mol. The van der Waals surface area contributed by atoms with Crippen molar-refractivity contribution in [3.05, 3.63) is 16.3 Å². The highest BCUT2D eigenvalue weighted by Crippen LogP contribution is 2.37. The first-order chi connectivity index (χ1) is 11.7. The van der Waals surface area contributed by atoms with Crippen LogP contribution in [0.2, 0.25) is 0 Å². The van der Waals surface area contributed by atoms with Gasteiger partial charge in [0.05, 0.1) is 11.9 Å². The second-order valence-electron chi connectivity index (χ2n) is 7.31. The number of thiophene rings is 1. The summed E-state index contributed by atoms with van der Waals surface area (Å²) in [6, 6.07) is 0.427. The largest absolute Gasteiger partial charge is 0.383 e. The highest BCUT2D eigenvalue weighted by Gasteiger charge is 2.28. The van der Waals surface area contributed by atoms with Crippen LogP contribution in [-0.2, 0) is 19.4 Å². The van der Waals surface area contributed by atoms with Gasteiger partial charge in [0, 0.05) is 17.5 Å². The number of piperidine rings is 1. The Hall–Kier alpha value is -1.24. The molecule has 2 aromatic heterocycles. The van der Waals surface area contributed by atoms with Crippen LogP contribution in [-0.4, -0.2) is 34.0 Å². The van der Waals surface area contributed by atoms with Gasteiger partial charge in [-0.05, 0) is 56.6 Å². The summed E-state index contributed by atoms with van der Waals surface area (Å²) in [7, 11) is 0. The quantitative estimate of drug-likeness (QED) is 0.894. The third-order valence-corrected chi connectivity index (χ3v) is 6.89. The lowest BCUT2D eigenvalue weighted by molar-refractivity contribution is 0.0965. The van der Waals surface area contributed by atoms with Gasteiger partial charge in [0.25, 0.3) is 0 Å². The molecule has 1 aliphatic heterocycles. The summed E-state index contributed by atoms with van der Waals surface area (Å²) in [6.45, 7) is 4.84. The number of likely N-dealkylation sites (tertiary alicyclic amines) is 1. The molecule has 2 unspecified atom stereocenters. The number of nitrogen functional groups attached to an aromatic ring is 1. The molecule has 5 nitrogen and oxygen atoms in total. The Kier molecular flexibility index (Phi) is 4.45. The number of aryl methyl sites for hydroxylation is 2. The number of nitrogens with two attached hydrogens (primary N) is 2. The maximum absolute atomic E-state index is 6.34. The van der Waals surface area contributed by atoms with Gasteiger partial charge in [-0.25, -0.2) is 9.97 Å². The summed E-state index contributed by atoms with van der Waals surface area (Å²) in [5, 5.41) is 1.13. The Labute approximate surface area is 147 Å². The summed E-state index contributed by atoms with van der Waals surface area (Å²) >= 11 is 1.82. The number of aromatic nitrogens is 2. The van der Waals surface area contributed by atoms with Gasteiger partial charge in [-0.3, -0.25) is 4.90 Å².